The second kappa shape index (κ2) is 8.03. The van der Waals surface area contributed by atoms with Crippen LogP contribution in [0.2, 0.25) is 5.02 Å². The maximum atomic E-state index is 12.7. The Balaban J connectivity index is 1.86. The van der Waals surface area contributed by atoms with Crippen molar-refractivity contribution >= 4 is 67.2 Å². The van der Waals surface area contributed by atoms with E-state index >= 15 is 0 Å². The summed E-state index contributed by atoms with van der Waals surface area (Å²) in [6, 6.07) is 16.6. The monoisotopic (exact) mass is 448 g/mol. The molecule has 4 nitrogen and oxygen atoms in total. The topological polar surface area (TPSA) is 50.4 Å². The minimum atomic E-state index is -0.368. The van der Waals surface area contributed by atoms with Crippen LogP contribution in [0.25, 0.3) is 10.8 Å². The van der Waals surface area contributed by atoms with Gasteiger partial charge in [0.2, 0.25) is 0 Å². The van der Waals surface area contributed by atoms with E-state index in [0.717, 1.165) is 15.2 Å². The number of amides is 1. The van der Waals surface area contributed by atoms with Crippen molar-refractivity contribution in [2.24, 2.45) is 0 Å². The first-order valence-electron chi connectivity index (χ1n) is 7.62. The number of hydrogen-bond acceptors (Lipinski definition) is 3. The van der Waals surface area contributed by atoms with Gasteiger partial charge < -0.3 is 10.1 Å². The number of carbonyl (C=O) groups is 1. The summed E-state index contributed by atoms with van der Waals surface area (Å²) >= 11 is 14.7. The van der Waals surface area contributed by atoms with E-state index < -0.39 is 0 Å². The second-order valence-electron chi connectivity index (χ2n) is 5.41. The van der Waals surface area contributed by atoms with Crippen LogP contribution in [0.5, 0.6) is 5.75 Å². The number of hydrogen-bond donors (Lipinski definition) is 2. The van der Waals surface area contributed by atoms with E-state index in [9.17, 15) is 4.79 Å². The van der Waals surface area contributed by atoms with Crippen LogP contribution in [0.15, 0.2) is 59.1 Å². The number of methoxy groups -OCH3 is 1. The number of carbonyl (C=O) groups excluding carboxylic acids is 1. The lowest BCUT2D eigenvalue weighted by Gasteiger charge is -2.14. The van der Waals surface area contributed by atoms with Gasteiger partial charge in [0.15, 0.2) is 5.11 Å². The molecule has 0 aliphatic carbocycles. The molecule has 7 heteroatoms. The molecule has 3 rings (SSSR count). The highest BCUT2D eigenvalue weighted by Gasteiger charge is 2.19. The molecule has 132 valence electrons. The summed E-state index contributed by atoms with van der Waals surface area (Å²) in [5.74, 6) is 0.0830. The van der Waals surface area contributed by atoms with Gasteiger partial charge in [-0.05, 0) is 63.2 Å². The van der Waals surface area contributed by atoms with Gasteiger partial charge in [0.25, 0.3) is 5.91 Å². The standard InChI is InChI=1S/C19H14BrClN2O2S/c1-25-17-15(9-11-5-2-3-8-14(11)16(17)20)18(24)23-19(26)22-13-7-4-6-12(21)10-13/h2-10H,1H3,(H2,22,23,24,26). The van der Waals surface area contributed by atoms with Crippen molar-refractivity contribution in [3.63, 3.8) is 0 Å². The molecule has 3 aromatic rings. The number of anilines is 1. The lowest BCUT2D eigenvalue weighted by molar-refractivity contribution is 0.0975. The lowest BCUT2D eigenvalue weighted by atomic mass is 10.1. The van der Waals surface area contributed by atoms with E-state index in [1.807, 2.05) is 24.3 Å². The number of ether oxygens (including phenoxy) is 1. The summed E-state index contributed by atoms with van der Waals surface area (Å²) in [5, 5.41) is 8.22. The van der Waals surface area contributed by atoms with Gasteiger partial charge in [-0.15, -0.1) is 0 Å². The SMILES string of the molecule is COc1c(C(=O)NC(=S)Nc2cccc(Cl)c2)cc2ccccc2c1Br. The van der Waals surface area contributed by atoms with E-state index in [1.165, 1.54) is 7.11 Å². The molecule has 0 bridgehead atoms. The number of nitrogens with one attached hydrogen (secondary N) is 2. The Hall–Kier alpha value is -2.15. The maximum Gasteiger partial charge on any atom is 0.261 e. The van der Waals surface area contributed by atoms with Crippen LogP contribution in [-0.4, -0.2) is 18.1 Å². The summed E-state index contributed by atoms with van der Waals surface area (Å²) in [5.41, 5.74) is 1.07. The summed E-state index contributed by atoms with van der Waals surface area (Å²) in [7, 11) is 1.52. The number of thiocarbonyl (C=S) groups is 1. The second-order valence-corrected chi connectivity index (χ2v) is 7.05. The van der Waals surface area contributed by atoms with Crippen molar-refractivity contribution < 1.29 is 9.53 Å². The Labute approximate surface area is 169 Å². The smallest absolute Gasteiger partial charge is 0.261 e. The first-order chi connectivity index (χ1) is 12.5. The quantitative estimate of drug-likeness (QED) is 0.526. The van der Waals surface area contributed by atoms with Gasteiger partial charge in [0.05, 0.1) is 17.1 Å². The Bertz CT molecular complexity index is 1010. The first kappa shape index (κ1) is 18.6. The van der Waals surface area contributed by atoms with Gasteiger partial charge in [-0.1, -0.05) is 41.9 Å². The minimum Gasteiger partial charge on any atom is -0.495 e. The summed E-state index contributed by atoms with van der Waals surface area (Å²) in [6.45, 7) is 0. The van der Waals surface area contributed by atoms with Crippen molar-refractivity contribution in [2.75, 3.05) is 12.4 Å². The third-order valence-corrected chi connectivity index (χ3v) is 4.93. The largest absolute Gasteiger partial charge is 0.495 e. The lowest BCUT2D eigenvalue weighted by Crippen LogP contribution is -2.34. The molecule has 0 saturated carbocycles. The molecular formula is C19H14BrClN2O2S. The molecular weight excluding hydrogens is 436 g/mol. The van der Waals surface area contributed by atoms with E-state index in [-0.39, 0.29) is 11.0 Å². The Morgan fingerprint density at radius 2 is 1.92 bits per heavy atom. The van der Waals surface area contributed by atoms with Crippen molar-refractivity contribution in [1.82, 2.24) is 5.32 Å². The van der Waals surface area contributed by atoms with Gasteiger partial charge in [0, 0.05) is 10.7 Å². The van der Waals surface area contributed by atoms with E-state index in [2.05, 4.69) is 26.6 Å². The first-order valence-corrected chi connectivity index (χ1v) is 9.20. The van der Waals surface area contributed by atoms with Crippen molar-refractivity contribution in [3.05, 3.63) is 69.7 Å². The van der Waals surface area contributed by atoms with Crippen molar-refractivity contribution in [2.45, 2.75) is 0 Å². The average Bonchev–Trinajstić information content (AvgIpc) is 2.61. The summed E-state index contributed by atoms with van der Waals surface area (Å²) in [4.78, 5) is 12.7. The average molecular weight is 450 g/mol. The van der Waals surface area contributed by atoms with Crippen LogP contribution in [0.3, 0.4) is 0 Å². The Morgan fingerprint density at radius 1 is 1.15 bits per heavy atom. The summed E-state index contributed by atoms with van der Waals surface area (Å²) < 4.78 is 6.15. The van der Waals surface area contributed by atoms with Crippen molar-refractivity contribution in [1.29, 1.82) is 0 Å². The fourth-order valence-electron chi connectivity index (χ4n) is 2.55. The fourth-order valence-corrected chi connectivity index (χ4v) is 3.69. The van der Waals surface area contributed by atoms with Crippen LogP contribution in [-0.2, 0) is 0 Å². The maximum absolute atomic E-state index is 12.7. The highest BCUT2D eigenvalue weighted by molar-refractivity contribution is 9.10. The zero-order valence-electron chi connectivity index (χ0n) is 13.7. The molecule has 1 amide bonds. The molecule has 0 fully saturated rings. The van der Waals surface area contributed by atoms with Gasteiger partial charge in [0.1, 0.15) is 5.75 Å². The molecule has 0 saturated heterocycles. The molecule has 0 atom stereocenters. The van der Waals surface area contributed by atoms with E-state index in [0.29, 0.717) is 22.0 Å². The Kier molecular flexibility index (Phi) is 5.76. The van der Waals surface area contributed by atoms with Crippen LogP contribution in [0.1, 0.15) is 10.4 Å². The third kappa shape index (κ3) is 3.98. The molecule has 2 N–H and O–H groups in total. The molecule has 3 aromatic carbocycles. The number of rotatable bonds is 3. The normalized spacial score (nSPS) is 10.4. The minimum absolute atomic E-state index is 0.170. The summed E-state index contributed by atoms with van der Waals surface area (Å²) in [6.07, 6.45) is 0. The Morgan fingerprint density at radius 3 is 2.65 bits per heavy atom. The molecule has 0 aliphatic rings. The number of fused-ring (bicyclic) bond motifs is 1. The zero-order valence-corrected chi connectivity index (χ0v) is 16.8. The molecule has 0 heterocycles. The predicted molar refractivity (Wildman–Crippen MR) is 113 cm³/mol. The highest BCUT2D eigenvalue weighted by Crippen LogP contribution is 2.36. The highest BCUT2D eigenvalue weighted by atomic mass is 79.9. The molecule has 0 radical (unpaired) electrons. The molecule has 26 heavy (non-hydrogen) atoms. The number of benzene rings is 3. The zero-order chi connectivity index (χ0) is 18.7. The van der Waals surface area contributed by atoms with Gasteiger partial charge in [-0.3, -0.25) is 10.1 Å². The van der Waals surface area contributed by atoms with Crippen molar-refractivity contribution in [3.8, 4) is 5.75 Å². The van der Waals surface area contributed by atoms with Crippen LogP contribution in [0.4, 0.5) is 5.69 Å². The van der Waals surface area contributed by atoms with Gasteiger partial charge in [-0.2, -0.15) is 0 Å². The van der Waals surface area contributed by atoms with Crippen LogP contribution >= 0.6 is 39.7 Å². The predicted octanol–water partition coefficient (Wildman–Crippen LogP) is 5.39. The number of halogens is 2. The van der Waals surface area contributed by atoms with Crippen LogP contribution in [0, 0.1) is 0 Å². The molecule has 0 unspecified atom stereocenters. The molecule has 0 spiro atoms. The van der Waals surface area contributed by atoms with E-state index in [1.54, 1.807) is 30.3 Å². The molecule has 0 aliphatic heterocycles. The van der Waals surface area contributed by atoms with Crippen LogP contribution < -0.4 is 15.4 Å². The van der Waals surface area contributed by atoms with E-state index in [4.69, 9.17) is 28.6 Å². The van der Waals surface area contributed by atoms with Gasteiger partial charge in [-0.25, -0.2) is 0 Å². The third-order valence-electron chi connectivity index (χ3n) is 3.70. The van der Waals surface area contributed by atoms with Gasteiger partial charge >= 0.3 is 0 Å². The fraction of sp³-hybridized carbons (Fsp3) is 0.0526. The molecule has 0 aromatic heterocycles.